The summed E-state index contributed by atoms with van der Waals surface area (Å²) < 4.78 is 11.9. The quantitative estimate of drug-likeness (QED) is 0.658. The second-order valence-electron chi connectivity index (χ2n) is 8.65. The number of hydrogen-bond donors (Lipinski definition) is 1. The van der Waals surface area contributed by atoms with Crippen LogP contribution in [0.5, 0.6) is 11.5 Å². The Bertz CT molecular complexity index is 1020. The zero-order valence-electron chi connectivity index (χ0n) is 18.0. The molecule has 31 heavy (non-hydrogen) atoms. The van der Waals surface area contributed by atoms with Crippen LogP contribution in [0.1, 0.15) is 40.6 Å². The van der Waals surface area contributed by atoms with Crippen LogP contribution in [0.15, 0.2) is 72.8 Å². The lowest BCUT2D eigenvalue weighted by atomic mass is 9.78. The molecule has 2 N–H and O–H groups in total. The molecule has 0 saturated carbocycles. The van der Waals surface area contributed by atoms with Crippen molar-refractivity contribution in [2.24, 2.45) is 5.73 Å². The highest BCUT2D eigenvalue weighted by molar-refractivity contribution is 5.50. The molecular weight excluding hydrogens is 384 g/mol. The fraction of sp³-hybridized carbons (Fsp3) is 0.333. The Kier molecular flexibility index (Phi) is 5.66. The van der Waals surface area contributed by atoms with Crippen molar-refractivity contribution in [2.75, 3.05) is 20.2 Å². The summed E-state index contributed by atoms with van der Waals surface area (Å²) in [6.07, 6.45) is 1.98. The molecule has 0 radical (unpaired) electrons. The molecular formula is C27H30N2O2. The highest BCUT2D eigenvalue weighted by Crippen LogP contribution is 2.44. The lowest BCUT2D eigenvalue weighted by molar-refractivity contribution is 0.109. The molecule has 0 bridgehead atoms. The van der Waals surface area contributed by atoms with Crippen molar-refractivity contribution in [1.29, 1.82) is 0 Å². The van der Waals surface area contributed by atoms with Crippen LogP contribution in [0.25, 0.3) is 0 Å². The molecule has 3 atom stereocenters. The van der Waals surface area contributed by atoms with E-state index in [1.165, 1.54) is 16.7 Å². The number of fused-ring (bicyclic) bond motifs is 3. The zero-order valence-corrected chi connectivity index (χ0v) is 18.0. The van der Waals surface area contributed by atoms with E-state index in [-0.39, 0.29) is 6.04 Å². The van der Waals surface area contributed by atoms with Gasteiger partial charge in [0.25, 0.3) is 0 Å². The average molecular weight is 415 g/mol. The maximum absolute atomic E-state index is 6.71. The molecule has 0 aliphatic carbocycles. The standard InChI is InChI=1S/C27H30N2O2/c1-30-26-15-22-21(14-27(26)31-18-19-8-4-2-5-9-19)12-13-29-17-23(24(28)16-25(22)29)20-10-6-3-7-11-20/h2-11,14-15,23-25H,12-13,16-18,28H2,1H3/t23-,24-,25+/m0/s1. The summed E-state index contributed by atoms with van der Waals surface area (Å²) in [5.41, 5.74) is 11.9. The number of piperidine rings is 1. The minimum absolute atomic E-state index is 0.148. The van der Waals surface area contributed by atoms with Gasteiger partial charge in [-0.05, 0) is 47.2 Å². The van der Waals surface area contributed by atoms with E-state index in [2.05, 4.69) is 59.5 Å². The van der Waals surface area contributed by atoms with Crippen LogP contribution in [0, 0.1) is 0 Å². The molecule has 0 aromatic heterocycles. The van der Waals surface area contributed by atoms with Crippen molar-refractivity contribution in [3.63, 3.8) is 0 Å². The SMILES string of the molecule is COc1cc2c(cc1OCc1ccccc1)CCN1C[C@@H](c3ccccc3)[C@@H](N)C[C@H]21. The van der Waals surface area contributed by atoms with Gasteiger partial charge in [0.1, 0.15) is 6.61 Å². The Balaban J connectivity index is 1.38. The number of rotatable bonds is 5. The minimum Gasteiger partial charge on any atom is -0.493 e. The largest absolute Gasteiger partial charge is 0.493 e. The highest BCUT2D eigenvalue weighted by Gasteiger charge is 2.38. The van der Waals surface area contributed by atoms with Gasteiger partial charge in [0.05, 0.1) is 7.11 Å². The molecule has 160 valence electrons. The van der Waals surface area contributed by atoms with E-state index in [0.717, 1.165) is 43.0 Å². The van der Waals surface area contributed by atoms with Gasteiger partial charge in [-0.15, -0.1) is 0 Å². The van der Waals surface area contributed by atoms with Gasteiger partial charge in [-0.2, -0.15) is 0 Å². The van der Waals surface area contributed by atoms with Crippen LogP contribution in [0.3, 0.4) is 0 Å². The second-order valence-corrected chi connectivity index (χ2v) is 8.65. The smallest absolute Gasteiger partial charge is 0.161 e. The number of nitrogens with two attached hydrogens (primary N) is 1. The Hall–Kier alpha value is -2.82. The molecule has 0 unspecified atom stereocenters. The molecule has 0 spiro atoms. The van der Waals surface area contributed by atoms with Crippen molar-refractivity contribution in [2.45, 2.75) is 37.5 Å². The van der Waals surface area contributed by atoms with Crippen LogP contribution in [-0.4, -0.2) is 31.1 Å². The van der Waals surface area contributed by atoms with Crippen molar-refractivity contribution in [3.05, 3.63) is 95.1 Å². The van der Waals surface area contributed by atoms with Gasteiger partial charge in [-0.3, -0.25) is 4.90 Å². The normalized spacial score (nSPS) is 23.0. The molecule has 1 saturated heterocycles. The minimum atomic E-state index is 0.148. The number of hydrogen-bond acceptors (Lipinski definition) is 4. The summed E-state index contributed by atoms with van der Waals surface area (Å²) in [4.78, 5) is 2.60. The lowest BCUT2D eigenvalue weighted by Gasteiger charge is -2.46. The summed E-state index contributed by atoms with van der Waals surface area (Å²) in [6.45, 7) is 2.59. The molecule has 3 aromatic rings. The van der Waals surface area contributed by atoms with Gasteiger partial charge in [-0.1, -0.05) is 60.7 Å². The van der Waals surface area contributed by atoms with Gasteiger partial charge in [0.15, 0.2) is 11.5 Å². The summed E-state index contributed by atoms with van der Waals surface area (Å²) in [7, 11) is 1.72. The third kappa shape index (κ3) is 4.06. The van der Waals surface area contributed by atoms with Gasteiger partial charge in [0, 0.05) is 31.1 Å². The van der Waals surface area contributed by atoms with Gasteiger partial charge >= 0.3 is 0 Å². The topological polar surface area (TPSA) is 47.7 Å². The van der Waals surface area contributed by atoms with E-state index in [1.807, 2.05) is 18.2 Å². The number of ether oxygens (including phenoxy) is 2. The Morgan fingerprint density at radius 3 is 2.45 bits per heavy atom. The van der Waals surface area contributed by atoms with Crippen LogP contribution in [0.4, 0.5) is 0 Å². The number of benzene rings is 3. The molecule has 4 nitrogen and oxygen atoms in total. The van der Waals surface area contributed by atoms with Crippen molar-refractivity contribution in [3.8, 4) is 11.5 Å². The second kappa shape index (κ2) is 8.74. The van der Waals surface area contributed by atoms with Gasteiger partial charge in [0.2, 0.25) is 0 Å². The summed E-state index contributed by atoms with van der Waals surface area (Å²) >= 11 is 0. The van der Waals surface area contributed by atoms with E-state index in [1.54, 1.807) is 7.11 Å². The fourth-order valence-electron chi connectivity index (χ4n) is 5.13. The molecule has 5 rings (SSSR count). The number of nitrogens with zero attached hydrogens (tertiary/aromatic N) is 1. The first-order chi connectivity index (χ1) is 15.2. The maximum Gasteiger partial charge on any atom is 0.161 e. The van der Waals surface area contributed by atoms with E-state index in [4.69, 9.17) is 15.2 Å². The van der Waals surface area contributed by atoms with Crippen molar-refractivity contribution in [1.82, 2.24) is 4.90 Å². The van der Waals surface area contributed by atoms with E-state index >= 15 is 0 Å². The van der Waals surface area contributed by atoms with Gasteiger partial charge < -0.3 is 15.2 Å². The first-order valence-electron chi connectivity index (χ1n) is 11.1. The lowest BCUT2D eigenvalue weighted by Crippen LogP contribution is -2.49. The predicted molar refractivity (Wildman–Crippen MR) is 124 cm³/mol. The first-order valence-corrected chi connectivity index (χ1v) is 11.1. The average Bonchev–Trinajstić information content (AvgIpc) is 2.83. The highest BCUT2D eigenvalue weighted by atomic mass is 16.5. The Morgan fingerprint density at radius 1 is 0.968 bits per heavy atom. The molecule has 2 aliphatic heterocycles. The zero-order chi connectivity index (χ0) is 21.2. The van der Waals surface area contributed by atoms with Crippen LogP contribution in [0.2, 0.25) is 0 Å². The van der Waals surface area contributed by atoms with Crippen LogP contribution >= 0.6 is 0 Å². The van der Waals surface area contributed by atoms with Crippen LogP contribution in [-0.2, 0) is 13.0 Å². The number of methoxy groups -OCH3 is 1. The summed E-state index contributed by atoms with van der Waals surface area (Å²) in [6, 6.07) is 25.8. The summed E-state index contributed by atoms with van der Waals surface area (Å²) in [5, 5.41) is 0. The Morgan fingerprint density at radius 2 is 1.71 bits per heavy atom. The molecule has 2 heterocycles. The maximum atomic E-state index is 6.71. The molecule has 1 fully saturated rings. The molecule has 0 amide bonds. The monoisotopic (exact) mass is 414 g/mol. The molecule has 4 heteroatoms. The molecule has 3 aromatic carbocycles. The molecule has 2 aliphatic rings. The predicted octanol–water partition coefficient (Wildman–Crippen LogP) is 4.69. The first kappa shape index (κ1) is 20.1. The van der Waals surface area contributed by atoms with Crippen molar-refractivity contribution < 1.29 is 9.47 Å². The third-order valence-corrected chi connectivity index (χ3v) is 6.80. The third-order valence-electron chi connectivity index (χ3n) is 6.80. The van der Waals surface area contributed by atoms with Crippen molar-refractivity contribution >= 4 is 0 Å². The van der Waals surface area contributed by atoms with Crippen LogP contribution < -0.4 is 15.2 Å². The Labute approximate surface area is 184 Å². The van der Waals surface area contributed by atoms with E-state index in [0.29, 0.717) is 18.6 Å². The van der Waals surface area contributed by atoms with Gasteiger partial charge in [-0.25, -0.2) is 0 Å². The van der Waals surface area contributed by atoms with E-state index in [9.17, 15) is 0 Å². The summed E-state index contributed by atoms with van der Waals surface area (Å²) in [5.74, 6) is 2.01. The van der Waals surface area contributed by atoms with E-state index < -0.39 is 0 Å². The fourth-order valence-corrected chi connectivity index (χ4v) is 5.13.